The molecule has 0 atom stereocenters. The molecule has 0 radical (unpaired) electrons. The van der Waals surface area contributed by atoms with Crippen molar-refractivity contribution in [2.75, 3.05) is 4.90 Å². The molecule has 0 amide bonds. The van der Waals surface area contributed by atoms with Gasteiger partial charge in [-0.05, 0) is 107 Å². The highest BCUT2D eigenvalue weighted by atomic mass is 16.5. The molecule has 40 heavy (non-hydrogen) atoms. The van der Waals surface area contributed by atoms with Gasteiger partial charge in [0.2, 0.25) is 0 Å². The zero-order chi connectivity index (χ0) is 27.8. The second-order valence-electron chi connectivity index (χ2n) is 9.85. The fourth-order valence-corrected chi connectivity index (χ4v) is 5.33. The van der Waals surface area contributed by atoms with Gasteiger partial charge < -0.3 is 14.4 Å². The monoisotopic (exact) mass is 525 g/mol. The molecular weight excluding hydrogens is 498 g/mol. The maximum absolute atomic E-state index is 12.0. The Morgan fingerprint density at radius 1 is 0.850 bits per heavy atom. The minimum atomic E-state index is -0.509. The number of carbonyl (C=O) groups is 2. The van der Waals surface area contributed by atoms with Crippen molar-refractivity contribution in [2.24, 2.45) is 0 Å². The lowest BCUT2D eigenvalue weighted by Crippen LogP contribution is -2.14. The van der Waals surface area contributed by atoms with Gasteiger partial charge in [0.1, 0.15) is 11.5 Å². The van der Waals surface area contributed by atoms with E-state index in [9.17, 15) is 9.59 Å². The molecule has 0 N–H and O–H groups in total. The van der Waals surface area contributed by atoms with E-state index in [0.717, 1.165) is 36.0 Å². The van der Waals surface area contributed by atoms with Crippen LogP contribution in [0.15, 0.2) is 110 Å². The Morgan fingerprint density at radius 3 is 2.15 bits per heavy atom. The van der Waals surface area contributed by atoms with Crippen molar-refractivity contribution >= 4 is 51.4 Å². The smallest absolute Gasteiger partial charge is 0.338 e. The number of anilines is 3. The Bertz CT molecular complexity index is 1760. The third-order valence-corrected chi connectivity index (χ3v) is 7.19. The standard InChI is InChI=1S/C35H27NO4/c1-4-32(37)39-28-16-12-26(13-17-28)36(27-14-18-29(19-15-27)40-35(38)22(2)3)31-21-11-25-9-8-23-6-5-7-24-10-20-30(31)34(25)33(23)24/h4-6,8-19,21H,1-2,7,20H2,3H3. The van der Waals surface area contributed by atoms with Gasteiger partial charge in [-0.15, -0.1) is 0 Å². The molecule has 0 bridgehead atoms. The molecule has 0 aromatic heterocycles. The van der Waals surface area contributed by atoms with Crippen LogP contribution >= 0.6 is 0 Å². The van der Waals surface area contributed by atoms with Gasteiger partial charge in [-0.1, -0.05) is 49.6 Å². The van der Waals surface area contributed by atoms with Gasteiger partial charge >= 0.3 is 11.9 Å². The van der Waals surface area contributed by atoms with Crippen LogP contribution in [0.4, 0.5) is 17.1 Å². The maximum atomic E-state index is 12.0. The average Bonchev–Trinajstić information content (AvgIpc) is 2.98. The van der Waals surface area contributed by atoms with Crippen LogP contribution < -0.4 is 14.4 Å². The fourth-order valence-electron chi connectivity index (χ4n) is 5.33. The Kier molecular flexibility index (Phi) is 6.40. The summed E-state index contributed by atoms with van der Waals surface area (Å²) >= 11 is 0. The summed E-state index contributed by atoms with van der Waals surface area (Å²) in [5.41, 5.74) is 8.34. The van der Waals surface area contributed by atoms with Gasteiger partial charge in [0.05, 0.1) is 5.69 Å². The van der Waals surface area contributed by atoms with E-state index < -0.39 is 11.9 Å². The maximum Gasteiger partial charge on any atom is 0.338 e. The summed E-state index contributed by atoms with van der Waals surface area (Å²) in [5, 5.41) is 2.50. The first-order chi connectivity index (χ1) is 19.4. The highest BCUT2D eigenvalue weighted by Crippen LogP contribution is 2.46. The summed E-state index contributed by atoms with van der Waals surface area (Å²) in [6.45, 7) is 8.74. The Balaban J connectivity index is 1.49. The molecule has 0 saturated carbocycles. The minimum Gasteiger partial charge on any atom is -0.423 e. The highest BCUT2D eigenvalue weighted by Gasteiger charge is 2.25. The highest BCUT2D eigenvalue weighted by molar-refractivity contribution is 6.05. The van der Waals surface area contributed by atoms with E-state index in [1.165, 1.54) is 33.0 Å². The predicted molar refractivity (Wildman–Crippen MR) is 160 cm³/mol. The van der Waals surface area contributed by atoms with Gasteiger partial charge in [-0.3, -0.25) is 0 Å². The van der Waals surface area contributed by atoms with E-state index in [1.807, 2.05) is 24.3 Å². The molecule has 6 rings (SSSR count). The van der Waals surface area contributed by atoms with Crippen LogP contribution in [0.3, 0.4) is 0 Å². The topological polar surface area (TPSA) is 55.8 Å². The van der Waals surface area contributed by atoms with Crippen molar-refractivity contribution in [3.63, 3.8) is 0 Å². The molecular formula is C35H27NO4. The first-order valence-corrected chi connectivity index (χ1v) is 13.1. The van der Waals surface area contributed by atoms with Crippen molar-refractivity contribution in [3.05, 3.63) is 126 Å². The van der Waals surface area contributed by atoms with Crippen LogP contribution in [0.2, 0.25) is 0 Å². The first-order valence-electron chi connectivity index (χ1n) is 13.1. The van der Waals surface area contributed by atoms with Gasteiger partial charge in [-0.2, -0.15) is 0 Å². The van der Waals surface area contributed by atoms with Gasteiger partial charge in [0.25, 0.3) is 0 Å². The number of allylic oxidation sites excluding steroid dienone is 3. The quantitative estimate of drug-likeness (QED) is 0.138. The third kappa shape index (κ3) is 4.52. The van der Waals surface area contributed by atoms with Crippen LogP contribution in [0.25, 0.3) is 22.4 Å². The van der Waals surface area contributed by atoms with Gasteiger partial charge in [0, 0.05) is 23.0 Å². The van der Waals surface area contributed by atoms with Crippen LogP contribution in [0.5, 0.6) is 11.5 Å². The molecule has 0 unspecified atom stereocenters. The number of hydrogen-bond acceptors (Lipinski definition) is 5. The number of nitrogens with zero attached hydrogens (tertiary/aromatic N) is 1. The largest absolute Gasteiger partial charge is 0.423 e. The summed E-state index contributed by atoms with van der Waals surface area (Å²) in [4.78, 5) is 25.9. The molecule has 2 aliphatic carbocycles. The average molecular weight is 526 g/mol. The molecule has 0 fully saturated rings. The van der Waals surface area contributed by atoms with Gasteiger partial charge in [-0.25, -0.2) is 9.59 Å². The summed E-state index contributed by atoms with van der Waals surface area (Å²) in [6, 6.07) is 23.5. The summed E-state index contributed by atoms with van der Waals surface area (Å²) in [7, 11) is 0. The van der Waals surface area contributed by atoms with E-state index in [1.54, 1.807) is 31.2 Å². The van der Waals surface area contributed by atoms with E-state index in [2.05, 4.69) is 60.6 Å². The lowest BCUT2D eigenvalue weighted by molar-refractivity contribution is -0.130. The van der Waals surface area contributed by atoms with E-state index in [0.29, 0.717) is 17.1 Å². The number of carbonyl (C=O) groups excluding carboxylic acids is 2. The molecule has 196 valence electrons. The fraction of sp³-hybridized carbons (Fsp3) is 0.0857. The lowest BCUT2D eigenvalue weighted by Gasteiger charge is -2.31. The molecule has 0 heterocycles. The number of hydrogen-bond donors (Lipinski definition) is 0. The van der Waals surface area contributed by atoms with Crippen molar-refractivity contribution < 1.29 is 19.1 Å². The molecule has 4 aromatic rings. The lowest BCUT2D eigenvalue weighted by atomic mass is 9.81. The molecule has 5 heteroatoms. The third-order valence-electron chi connectivity index (χ3n) is 7.19. The predicted octanol–water partition coefficient (Wildman–Crippen LogP) is 8.24. The van der Waals surface area contributed by atoms with Crippen molar-refractivity contribution in [2.45, 2.75) is 19.8 Å². The zero-order valence-corrected chi connectivity index (χ0v) is 22.1. The van der Waals surface area contributed by atoms with Crippen LogP contribution in [0, 0.1) is 0 Å². The van der Waals surface area contributed by atoms with E-state index in [-0.39, 0.29) is 0 Å². The number of ether oxygens (including phenoxy) is 2. The van der Waals surface area contributed by atoms with Gasteiger partial charge in [0.15, 0.2) is 0 Å². The molecule has 2 aliphatic rings. The van der Waals surface area contributed by atoms with Crippen LogP contribution in [0.1, 0.15) is 30.0 Å². The first kappa shape index (κ1) is 25.1. The summed E-state index contributed by atoms with van der Waals surface area (Å²) in [6.07, 6.45) is 9.66. The molecule has 5 nitrogen and oxygen atoms in total. The summed E-state index contributed by atoms with van der Waals surface area (Å²) < 4.78 is 10.7. The van der Waals surface area contributed by atoms with Crippen LogP contribution in [-0.4, -0.2) is 11.9 Å². The minimum absolute atomic E-state index is 0.337. The zero-order valence-electron chi connectivity index (χ0n) is 22.1. The second kappa shape index (κ2) is 10.2. The van der Waals surface area contributed by atoms with Crippen molar-refractivity contribution in [1.29, 1.82) is 0 Å². The Labute approximate surface area is 233 Å². The second-order valence-corrected chi connectivity index (χ2v) is 9.85. The Morgan fingerprint density at radius 2 is 1.50 bits per heavy atom. The van der Waals surface area contributed by atoms with Crippen molar-refractivity contribution in [1.82, 2.24) is 0 Å². The SMILES string of the molecule is C=CC(=O)Oc1ccc(N(c2ccc(OC(=O)C(=C)C)cc2)c2ccc3ccc4c5c3c2CC=C5CC=C4)cc1. The molecule has 0 saturated heterocycles. The van der Waals surface area contributed by atoms with E-state index >= 15 is 0 Å². The normalized spacial score (nSPS) is 12.9. The number of rotatable bonds is 7. The number of esters is 2. The van der Waals surface area contributed by atoms with Crippen molar-refractivity contribution in [3.8, 4) is 11.5 Å². The molecule has 0 aliphatic heterocycles. The molecule has 0 spiro atoms. The molecule has 4 aromatic carbocycles. The summed E-state index contributed by atoms with van der Waals surface area (Å²) in [5.74, 6) is -0.0971. The number of benzene rings is 4. The Hall–Kier alpha value is -5.16. The van der Waals surface area contributed by atoms with Crippen LogP contribution in [-0.2, 0) is 16.0 Å². The van der Waals surface area contributed by atoms with E-state index in [4.69, 9.17) is 9.47 Å².